The molecule has 2 rings (SSSR count). The second-order valence-corrected chi connectivity index (χ2v) is 5.16. The summed E-state index contributed by atoms with van der Waals surface area (Å²) in [5.41, 5.74) is 0. The van der Waals surface area contributed by atoms with Crippen LogP contribution in [0.15, 0.2) is 21.2 Å². The van der Waals surface area contributed by atoms with Crippen molar-refractivity contribution in [2.75, 3.05) is 6.54 Å². The second-order valence-electron chi connectivity index (χ2n) is 4.37. The van der Waals surface area contributed by atoms with E-state index in [9.17, 15) is 0 Å². The standard InChI is InChI=1S/C12H18BrNO/c1-3-14-12(8(2)9-4-5-9)10-6-7-11(13)15-10/h6-9,12,14H,3-5H2,1-2H3. The molecule has 15 heavy (non-hydrogen) atoms. The SMILES string of the molecule is CCNC(c1ccc(Br)o1)C(C)C1CC1. The van der Waals surface area contributed by atoms with Crippen molar-refractivity contribution in [3.05, 3.63) is 22.6 Å². The molecule has 0 radical (unpaired) electrons. The minimum absolute atomic E-state index is 0.369. The van der Waals surface area contributed by atoms with Gasteiger partial charge in [-0.15, -0.1) is 0 Å². The maximum atomic E-state index is 5.65. The van der Waals surface area contributed by atoms with Crippen molar-refractivity contribution in [2.24, 2.45) is 11.8 Å². The summed E-state index contributed by atoms with van der Waals surface area (Å²) in [7, 11) is 0. The molecule has 1 N–H and O–H groups in total. The van der Waals surface area contributed by atoms with E-state index in [0.29, 0.717) is 12.0 Å². The van der Waals surface area contributed by atoms with Crippen molar-refractivity contribution in [2.45, 2.75) is 32.7 Å². The third-order valence-corrected chi connectivity index (χ3v) is 3.64. The molecule has 0 aromatic carbocycles. The van der Waals surface area contributed by atoms with Crippen LogP contribution < -0.4 is 5.32 Å². The van der Waals surface area contributed by atoms with Crippen LogP contribution in [0.25, 0.3) is 0 Å². The first kappa shape index (κ1) is 11.2. The van der Waals surface area contributed by atoms with Crippen LogP contribution in [0.2, 0.25) is 0 Å². The zero-order valence-corrected chi connectivity index (χ0v) is 10.9. The topological polar surface area (TPSA) is 25.2 Å². The quantitative estimate of drug-likeness (QED) is 0.883. The Balaban J connectivity index is 2.10. The smallest absolute Gasteiger partial charge is 0.169 e. The van der Waals surface area contributed by atoms with Crippen LogP contribution >= 0.6 is 15.9 Å². The lowest BCUT2D eigenvalue weighted by Gasteiger charge is -2.22. The van der Waals surface area contributed by atoms with E-state index >= 15 is 0 Å². The summed E-state index contributed by atoms with van der Waals surface area (Å²) in [5, 5.41) is 3.52. The van der Waals surface area contributed by atoms with Crippen molar-refractivity contribution in [1.29, 1.82) is 0 Å². The van der Waals surface area contributed by atoms with Crippen LogP contribution in [0, 0.1) is 11.8 Å². The molecule has 1 aromatic heterocycles. The predicted octanol–water partition coefficient (Wildman–Crippen LogP) is 3.74. The summed E-state index contributed by atoms with van der Waals surface area (Å²) >= 11 is 3.36. The summed E-state index contributed by atoms with van der Waals surface area (Å²) in [6, 6.07) is 4.41. The van der Waals surface area contributed by atoms with E-state index < -0.39 is 0 Å². The van der Waals surface area contributed by atoms with E-state index in [-0.39, 0.29) is 0 Å². The highest BCUT2D eigenvalue weighted by atomic mass is 79.9. The number of hydrogen-bond donors (Lipinski definition) is 1. The van der Waals surface area contributed by atoms with Crippen molar-refractivity contribution in [3.63, 3.8) is 0 Å². The number of hydrogen-bond acceptors (Lipinski definition) is 2. The molecule has 0 bridgehead atoms. The minimum Gasteiger partial charge on any atom is -0.453 e. The van der Waals surface area contributed by atoms with Gasteiger partial charge >= 0.3 is 0 Å². The van der Waals surface area contributed by atoms with Gasteiger partial charge in [-0.3, -0.25) is 0 Å². The van der Waals surface area contributed by atoms with E-state index in [2.05, 4.69) is 41.2 Å². The lowest BCUT2D eigenvalue weighted by atomic mass is 9.94. The average molecular weight is 272 g/mol. The van der Waals surface area contributed by atoms with Crippen molar-refractivity contribution in [3.8, 4) is 0 Å². The van der Waals surface area contributed by atoms with E-state index in [0.717, 1.165) is 22.9 Å². The first-order valence-corrected chi connectivity index (χ1v) is 6.50. The fraction of sp³-hybridized carbons (Fsp3) is 0.667. The minimum atomic E-state index is 0.369. The monoisotopic (exact) mass is 271 g/mol. The summed E-state index contributed by atoms with van der Waals surface area (Å²) in [4.78, 5) is 0. The molecule has 2 unspecified atom stereocenters. The normalized spacial score (nSPS) is 20.2. The average Bonchev–Trinajstić information content (AvgIpc) is 2.98. The number of nitrogens with one attached hydrogen (secondary N) is 1. The van der Waals surface area contributed by atoms with Gasteiger partial charge in [-0.2, -0.15) is 0 Å². The molecule has 1 fully saturated rings. The molecular formula is C12H18BrNO. The molecule has 1 heterocycles. The molecule has 2 atom stereocenters. The van der Waals surface area contributed by atoms with Crippen molar-refractivity contribution >= 4 is 15.9 Å². The van der Waals surface area contributed by atoms with Crippen LogP contribution in [0.4, 0.5) is 0 Å². The lowest BCUT2D eigenvalue weighted by Crippen LogP contribution is -2.27. The van der Waals surface area contributed by atoms with Gasteiger partial charge < -0.3 is 9.73 Å². The zero-order chi connectivity index (χ0) is 10.8. The molecule has 2 nitrogen and oxygen atoms in total. The maximum Gasteiger partial charge on any atom is 0.169 e. The van der Waals surface area contributed by atoms with Crippen molar-refractivity contribution in [1.82, 2.24) is 5.32 Å². The molecule has 84 valence electrons. The first-order valence-electron chi connectivity index (χ1n) is 5.71. The second kappa shape index (κ2) is 4.71. The lowest BCUT2D eigenvalue weighted by molar-refractivity contribution is 0.300. The predicted molar refractivity (Wildman–Crippen MR) is 64.7 cm³/mol. The Labute approximate surface area is 99.6 Å². The Morgan fingerprint density at radius 3 is 2.73 bits per heavy atom. The first-order chi connectivity index (χ1) is 7.22. The van der Waals surface area contributed by atoms with Crippen LogP contribution in [0.1, 0.15) is 38.5 Å². The summed E-state index contributed by atoms with van der Waals surface area (Å²) in [6.07, 6.45) is 2.76. The van der Waals surface area contributed by atoms with Crippen molar-refractivity contribution < 1.29 is 4.42 Å². The highest BCUT2D eigenvalue weighted by Crippen LogP contribution is 2.43. The number of halogens is 1. The van der Waals surface area contributed by atoms with Crippen LogP contribution in [-0.2, 0) is 0 Å². The number of rotatable bonds is 5. The maximum absolute atomic E-state index is 5.65. The molecule has 0 amide bonds. The summed E-state index contributed by atoms with van der Waals surface area (Å²) in [6.45, 7) is 5.45. The fourth-order valence-corrected chi connectivity index (χ4v) is 2.47. The van der Waals surface area contributed by atoms with Gasteiger partial charge in [0.25, 0.3) is 0 Å². The Bertz CT molecular complexity index is 319. The Kier molecular flexibility index (Phi) is 3.52. The molecule has 0 aliphatic heterocycles. The van der Waals surface area contributed by atoms with Gasteiger partial charge in [-0.25, -0.2) is 0 Å². The molecule has 1 aliphatic rings. The van der Waals surface area contributed by atoms with E-state index in [4.69, 9.17) is 4.42 Å². The molecule has 0 spiro atoms. The Morgan fingerprint density at radius 1 is 1.53 bits per heavy atom. The molecule has 1 aliphatic carbocycles. The number of furan rings is 1. The van der Waals surface area contributed by atoms with Crippen LogP contribution in [0.3, 0.4) is 0 Å². The third-order valence-electron chi connectivity index (χ3n) is 3.22. The third kappa shape index (κ3) is 2.64. The van der Waals surface area contributed by atoms with Gasteiger partial charge in [0.05, 0.1) is 6.04 Å². The van der Waals surface area contributed by atoms with Gasteiger partial charge in [0.1, 0.15) is 5.76 Å². The van der Waals surface area contributed by atoms with E-state index in [1.54, 1.807) is 0 Å². The molecule has 1 aromatic rings. The van der Waals surface area contributed by atoms with E-state index in [1.165, 1.54) is 12.8 Å². The van der Waals surface area contributed by atoms with Gasteiger partial charge in [0.15, 0.2) is 4.67 Å². The van der Waals surface area contributed by atoms with Gasteiger partial charge in [0.2, 0.25) is 0 Å². The van der Waals surface area contributed by atoms with Crippen LogP contribution in [-0.4, -0.2) is 6.54 Å². The Morgan fingerprint density at radius 2 is 2.27 bits per heavy atom. The van der Waals surface area contributed by atoms with Gasteiger partial charge in [-0.1, -0.05) is 13.8 Å². The van der Waals surface area contributed by atoms with E-state index in [1.807, 2.05) is 6.07 Å². The zero-order valence-electron chi connectivity index (χ0n) is 9.29. The molecular weight excluding hydrogens is 254 g/mol. The fourth-order valence-electron chi connectivity index (χ4n) is 2.16. The summed E-state index contributed by atoms with van der Waals surface area (Å²) in [5.74, 6) is 2.61. The highest BCUT2D eigenvalue weighted by molar-refractivity contribution is 9.10. The molecule has 3 heteroatoms. The Hall–Kier alpha value is -0.280. The van der Waals surface area contributed by atoms with Gasteiger partial charge in [-0.05, 0) is 59.3 Å². The largest absolute Gasteiger partial charge is 0.453 e. The highest BCUT2D eigenvalue weighted by Gasteiger charge is 2.34. The van der Waals surface area contributed by atoms with Gasteiger partial charge in [0, 0.05) is 0 Å². The molecule has 1 saturated carbocycles. The summed E-state index contributed by atoms with van der Waals surface area (Å²) < 4.78 is 6.47. The molecule has 0 saturated heterocycles. The van der Waals surface area contributed by atoms with Crippen LogP contribution in [0.5, 0.6) is 0 Å².